The van der Waals surface area contributed by atoms with E-state index in [2.05, 4.69) is 0 Å². The monoisotopic (exact) mass is 225 g/mol. The van der Waals surface area contributed by atoms with Gasteiger partial charge in [0.25, 0.3) is 0 Å². The van der Waals surface area contributed by atoms with E-state index in [0.717, 1.165) is 27.7 Å². The van der Waals surface area contributed by atoms with Crippen molar-refractivity contribution >= 4 is 16.1 Å². The van der Waals surface area contributed by atoms with Crippen LogP contribution in [0.15, 0.2) is 17.5 Å². The zero-order valence-corrected chi connectivity index (χ0v) is 9.93. The largest absolute Gasteiger partial charge is 0.231 e. The van der Waals surface area contributed by atoms with E-state index < -0.39 is 10.0 Å². The number of rotatable bonds is 2. The van der Waals surface area contributed by atoms with Crippen molar-refractivity contribution in [2.24, 2.45) is 5.14 Å². The lowest BCUT2D eigenvalue weighted by atomic mass is 10.0. The van der Waals surface area contributed by atoms with Gasteiger partial charge in [0.2, 0.25) is 10.0 Å². The Hall–Kier alpha value is -1.13. The zero-order valence-electron chi connectivity index (χ0n) is 9.11. The standard InChI is InChI=1S/C11H15NO2S/c1-8-6-9(2)11(10(3)7-8)4-5-15(12,13)14/h4-7H,1-3H3,(H2,12,13,14)/b5-4+. The normalized spacial score (nSPS) is 12.3. The summed E-state index contributed by atoms with van der Waals surface area (Å²) in [6, 6.07) is 4.02. The topological polar surface area (TPSA) is 60.2 Å². The first-order chi connectivity index (χ1) is 6.79. The first kappa shape index (κ1) is 11.9. The van der Waals surface area contributed by atoms with Crippen molar-refractivity contribution in [2.45, 2.75) is 20.8 Å². The molecule has 0 unspecified atom stereocenters. The molecule has 0 spiro atoms. The van der Waals surface area contributed by atoms with Gasteiger partial charge in [-0.15, -0.1) is 0 Å². The highest BCUT2D eigenvalue weighted by molar-refractivity contribution is 7.92. The Bertz CT molecular complexity index is 478. The van der Waals surface area contributed by atoms with Crippen molar-refractivity contribution in [3.63, 3.8) is 0 Å². The van der Waals surface area contributed by atoms with Crippen LogP contribution >= 0.6 is 0 Å². The fraction of sp³-hybridized carbons (Fsp3) is 0.273. The lowest BCUT2D eigenvalue weighted by Crippen LogP contribution is -2.06. The smallest absolute Gasteiger partial charge is 0.225 e. The van der Waals surface area contributed by atoms with Crippen LogP contribution in [-0.2, 0) is 10.0 Å². The van der Waals surface area contributed by atoms with E-state index in [1.807, 2.05) is 32.9 Å². The van der Waals surface area contributed by atoms with Gasteiger partial charge in [-0.2, -0.15) is 0 Å². The summed E-state index contributed by atoms with van der Waals surface area (Å²) >= 11 is 0. The second-order valence-corrected chi connectivity index (χ2v) is 5.15. The minimum absolute atomic E-state index is 0.912. The molecule has 15 heavy (non-hydrogen) atoms. The van der Waals surface area contributed by atoms with E-state index in [0.29, 0.717) is 0 Å². The average Bonchev–Trinajstić information content (AvgIpc) is 1.99. The molecule has 0 heterocycles. The molecular weight excluding hydrogens is 210 g/mol. The van der Waals surface area contributed by atoms with Crippen LogP contribution in [0.5, 0.6) is 0 Å². The average molecular weight is 225 g/mol. The second kappa shape index (κ2) is 4.16. The quantitative estimate of drug-likeness (QED) is 0.835. The van der Waals surface area contributed by atoms with Crippen molar-refractivity contribution in [3.05, 3.63) is 39.8 Å². The molecule has 0 atom stereocenters. The lowest BCUT2D eigenvalue weighted by molar-refractivity contribution is 0.606. The van der Waals surface area contributed by atoms with E-state index in [9.17, 15) is 8.42 Å². The summed E-state index contributed by atoms with van der Waals surface area (Å²) in [6.45, 7) is 5.90. The molecule has 0 aliphatic heterocycles. The SMILES string of the molecule is Cc1cc(C)c(/C=C/S(N)(=O)=O)c(C)c1. The number of sulfonamides is 1. The summed E-state index contributed by atoms with van der Waals surface area (Å²) in [4.78, 5) is 0. The van der Waals surface area contributed by atoms with E-state index in [1.165, 1.54) is 0 Å². The molecule has 0 saturated heterocycles. The molecule has 0 saturated carbocycles. The molecule has 0 fully saturated rings. The molecule has 1 aromatic carbocycles. The predicted molar refractivity (Wildman–Crippen MR) is 62.8 cm³/mol. The summed E-state index contributed by atoms with van der Waals surface area (Å²) in [7, 11) is -3.55. The van der Waals surface area contributed by atoms with E-state index in [4.69, 9.17) is 5.14 Å². The Balaban J connectivity index is 3.22. The third-order valence-electron chi connectivity index (χ3n) is 2.16. The number of primary sulfonamides is 1. The molecule has 0 aliphatic carbocycles. The Morgan fingerprint density at radius 3 is 2.00 bits per heavy atom. The maximum Gasteiger partial charge on any atom is 0.231 e. The minimum Gasteiger partial charge on any atom is -0.225 e. The molecule has 82 valence electrons. The van der Waals surface area contributed by atoms with Gasteiger partial charge in [0.1, 0.15) is 0 Å². The molecular formula is C11H15NO2S. The lowest BCUT2D eigenvalue weighted by Gasteiger charge is -2.06. The molecule has 0 bridgehead atoms. The highest BCUT2D eigenvalue weighted by atomic mass is 32.2. The van der Waals surface area contributed by atoms with Gasteiger partial charge in [0.05, 0.1) is 0 Å². The van der Waals surface area contributed by atoms with Crippen molar-refractivity contribution in [2.75, 3.05) is 0 Å². The van der Waals surface area contributed by atoms with Gasteiger partial charge in [-0.1, -0.05) is 17.7 Å². The Morgan fingerprint density at radius 1 is 1.13 bits per heavy atom. The number of nitrogens with two attached hydrogens (primary N) is 1. The number of aryl methyl sites for hydroxylation is 3. The molecule has 0 amide bonds. The third kappa shape index (κ3) is 3.49. The van der Waals surface area contributed by atoms with Gasteiger partial charge in [-0.05, 0) is 43.5 Å². The van der Waals surface area contributed by atoms with Crippen LogP contribution in [0.25, 0.3) is 6.08 Å². The van der Waals surface area contributed by atoms with Gasteiger partial charge in [0.15, 0.2) is 0 Å². The van der Waals surface area contributed by atoms with E-state index in [-0.39, 0.29) is 0 Å². The zero-order chi connectivity index (χ0) is 11.6. The van der Waals surface area contributed by atoms with Crippen LogP contribution in [0.2, 0.25) is 0 Å². The minimum atomic E-state index is -3.55. The molecule has 0 aromatic heterocycles. The van der Waals surface area contributed by atoms with Crippen molar-refractivity contribution in [3.8, 4) is 0 Å². The first-order valence-corrected chi connectivity index (χ1v) is 6.19. The summed E-state index contributed by atoms with van der Waals surface area (Å²) in [5.74, 6) is 0. The van der Waals surface area contributed by atoms with E-state index >= 15 is 0 Å². The number of hydrogen-bond donors (Lipinski definition) is 1. The first-order valence-electron chi connectivity index (χ1n) is 4.58. The molecule has 1 rings (SSSR count). The molecule has 0 aliphatic rings. The number of benzene rings is 1. The summed E-state index contributed by atoms with van der Waals surface area (Å²) < 4.78 is 21.6. The Morgan fingerprint density at radius 2 is 1.60 bits per heavy atom. The molecule has 3 nitrogen and oxygen atoms in total. The highest BCUT2D eigenvalue weighted by Gasteiger charge is 2.01. The highest BCUT2D eigenvalue weighted by Crippen LogP contribution is 2.17. The van der Waals surface area contributed by atoms with Crippen LogP contribution in [0.3, 0.4) is 0 Å². The van der Waals surface area contributed by atoms with Gasteiger partial charge in [-0.25, -0.2) is 13.6 Å². The molecule has 4 heteroatoms. The van der Waals surface area contributed by atoms with Crippen LogP contribution in [0.1, 0.15) is 22.3 Å². The summed E-state index contributed by atoms with van der Waals surface area (Å²) in [5, 5.41) is 5.92. The maximum atomic E-state index is 10.8. The Kier molecular flexibility index (Phi) is 3.31. The van der Waals surface area contributed by atoms with Crippen molar-refractivity contribution in [1.29, 1.82) is 0 Å². The molecule has 1 aromatic rings. The van der Waals surface area contributed by atoms with Gasteiger partial charge < -0.3 is 0 Å². The number of hydrogen-bond acceptors (Lipinski definition) is 2. The van der Waals surface area contributed by atoms with Crippen LogP contribution in [0.4, 0.5) is 0 Å². The van der Waals surface area contributed by atoms with Crippen LogP contribution in [0, 0.1) is 20.8 Å². The summed E-state index contributed by atoms with van der Waals surface area (Å²) in [6.07, 6.45) is 1.54. The van der Waals surface area contributed by atoms with Gasteiger partial charge in [0, 0.05) is 5.41 Å². The fourth-order valence-corrected chi connectivity index (χ4v) is 1.94. The predicted octanol–water partition coefficient (Wildman–Crippen LogP) is 1.87. The maximum absolute atomic E-state index is 10.8. The van der Waals surface area contributed by atoms with Crippen molar-refractivity contribution < 1.29 is 8.42 Å². The molecule has 0 radical (unpaired) electrons. The van der Waals surface area contributed by atoms with Crippen molar-refractivity contribution in [1.82, 2.24) is 0 Å². The molecule has 2 N–H and O–H groups in total. The van der Waals surface area contributed by atoms with Crippen LogP contribution in [-0.4, -0.2) is 8.42 Å². The second-order valence-electron chi connectivity index (χ2n) is 3.70. The third-order valence-corrected chi connectivity index (χ3v) is 2.68. The van der Waals surface area contributed by atoms with Crippen LogP contribution < -0.4 is 5.14 Å². The van der Waals surface area contributed by atoms with Gasteiger partial charge in [-0.3, -0.25) is 0 Å². The fourth-order valence-electron chi connectivity index (χ4n) is 1.62. The van der Waals surface area contributed by atoms with Gasteiger partial charge >= 0.3 is 0 Å². The van der Waals surface area contributed by atoms with E-state index in [1.54, 1.807) is 6.08 Å². The Labute approximate surface area is 90.7 Å². The summed E-state index contributed by atoms with van der Waals surface area (Å²) in [5.41, 5.74) is 4.17.